The van der Waals surface area contributed by atoms with E-state index >= 15 is 0 Å². The molecule has 2 atom stereocenters. The molecule has 0 aromatic carbocycles. The molecule has 0 aliphatic heterocycles. The van der Waals surface area contributed by atoms with Gasteiger partial charge in [-0.1, -0.05) is 6.92 Å². The lowest BCUT2D eigenvalue weighted by Gasteiger charge is -2.08. The molecule has 0 radical (unpaired) electrons. The lowest BCUT2D eigenvalue weighted by atomic mass is 10.1. The molecular weight excluding hydrogens is 106 g/mol. The maximum absolute atomic E-state index is 10.2. The molecule has 0 aromatic heterocycles. The van der Waals surface area contributed by atoms with Crippen LogP contribution in [0.5, 0.6) is 0 Å². The van der Waals surface area contributed by atoms with Gasteiger partial charge in [-0.05, 0) is 6.92 Å². The summed E-state index contributed by atoms with van der Waals surface area (Å²) in [6.07, 6.45) is -0.632. The largest absolute Gasteiger partial charge is 0.393 e. The molecule has 8 heavy (non-hydrogen) atoms. The van der Waals surface area contributed by atoms with E-state index in [-0.39, 0.29) is 0 Å². The number of carbonyl (C=O) groups excluding carboxylic acids is 1. The lowest BCUT2D eigenvalue weighted by Crippen LogP contribution is -2.28. The second-order valence-electron chi connectivity index (χ2n) is 1.93. The lowest BCUT2D eigenvalue weighted by molar-refractivity contribution is -0.124. The molecule has 0 heterocycles. The Balaban J connectivity index is 3.64. The van der Waals surface area contributed by atoms with Crippen LogP contribution in [0.15, 0.2) is 0 Å². The van der Waals surface area contributed by atoms with E-state index < -0.39 is 17.9 Å². The highest BCUT2D eigenvalue weighted by Gasteiger charge is 2.13. The summed E-state index contributed by atoms with van der Waals surface area (Å²) in [5.41, 5.74) is 4.84. The monoisotopic (exact) mass is 117 g/mol. The zero-order chi connectivity index (χ0) is 6.73. The summed E-state index contributed by atoms with van der Waals surface area (Å²) in [5.74, 6) is -0.894. The molecule has 1 amide bonds. The number of aliphatic hydroxyl groups is 1. The molecule has 0 aliphatic carbocycles. The van der Waals surface area contributed by atoms with Crippen LogP contribution in [0.4, 0.5) is 0 Å². The van der Waals surface area contributed by atoms with Gasteiger partial charge in [-0.15, -0.1) is 0 Å². The number of amides is 1. The van der Waals surface area contributed by atoms with E-state index in [1.165, 1.54) is 6.92 Å². The summed E-state index contributed by atoms with van der Waals surface area (Å²) < 4.78 is 0. The Morgan fingerprint density at radius 1 is 1.62 bits per heavy atom. The van der Waals surface area contributed by atoms with Crippen molar-refractivity contribution in [2.45, 2.75) is 20.0 Å². The summed E-state index contributed by atoms with van der Waals surface area (Å²) >= 11 is 0. The van der Waals surface area contributed by atoms with Gasteiger partial charge in [0, 0.05) is 0 Å². The fourth-order valence-corrected chi connectivity index (χ4v) is 0.238. The van der Waals surface area contributed by atoms with Gasteiger partial charge < -0.3 is 10.8 Å². The molecule has 0 spiro atoms. The van der Waals surface area contributed by atoms with Crippen LogP contribution < -0.4 is 5.73 Å². The van der Waals surface area contributed by atoms with Gasteiger partial charge in [0.25, 0.3) is 0 Å². The SMILES string of the molecule is CC(C(N)=O)[C@@H](C)O. The summed E-state index contributed by atoms with van der Waals surface area (Å²) in [6, 6.07) is 0. The Morgan fingerprint density at radius 2 is 2.00 bits per heavy atom. The molecule has 48 valence electrons. The van der Waals surface area contributed by atoms with Crippen molar-refractivity contribution in [2.24, 2.45) is 11.7 Å². The highest BCUT2D eigenvalue weighted by atomic mass is 16.3. The third kappa shape index (κ3) is 1.93. The first-order valence-corrected chi connectivity index (χ1v) is 2.53. The standard InChI is InChI=1S/C5H11NO2/c1-3(4(2)7)5(6)8/h3-4,7H,1-2H3,(H2,6,8)/t3?,4-/m1/s1. The van der Waals surface area contributed by atoms with Crippen molar-refractivity contribution in [2.75, 3.05) is 0 Å². The predicted molar refractivity (Wildman–Crippen MR) is 30.0 cm³/mol. The maximum atomic E-state index is 10.2. The average molecular weight is 117 g/mol. The van der Waals surface area contributed by atoms with Gasteiger partial charge in [-0.25, -0.2) is 0 Å². The van der Waals surface area contributed by atoms with Crippen molar-refractivity contribution in [1.29, 1.82) is 0 Å². The van der Waals surface area contributed by atoms with E-state index in [1.54, 1.807) is 6.92 Å². The molecule has 0 fully saturated rings. The molecule has 3 heteroatoms. The van der Waals surface area contributed by atoms with E-state index in [2.05, 4.69) is 0 Å². The number of aliphatic hydroxyl groups excluding tert-OH is 1. The minimum atomic E-state index is -0.632. The van der Waals surface area contributed by atoms with Gasteiger partial charge in [0.15, 0.2) is 0 Å². The van der Waals surface area contributed by atoms with Crippen molar-refractivity contribution < 1.29 is 9.90 Å². The predicted octanol–water partition coefficient (Wildman–Crippen LogP) is -0.511. The van der Waals surface area contributed by atoms with E-state index in [4.69, 9.17) is 10.8 Å². The smallest absolute Gasteiger partial charge is 0.222 e. The van der Waals surface area contributed by atoms with Gasteiger partial charge in [0.2, 0.25) is 5.91 Å². The van der Waals surface area contributed by atoms with Gasteiger partial charge in [0.1, 0.15) is 0 Å². The van der Waals surface area contributed by atoms with Crippen LogP contribution >= 0.6 is 0 Å². The molecule has 0 bridgehead atoms. The van der Waals surface area contributed by atoms with Crippen molar-refractivity contribution in [3.05, 3.63) is 0 Å². The molecule has 3 N–H and O–H groups in total. The van der Waals surface area contributed by atoms with E-state index in [9.17, 15) is 4.79 Å². The van der Waals surface area contributed by atoms with Crippen molar-refractivity contribution in [1.82, 2.24) is 0 Å². The van der Waals surface area contributed by atoms with E-state index in [0.29, 0.717) is 0 Å². The molecule has 0 saturated heterocycles. The third-order valence-electron chi connectivity index (χ3n) is 1.17. The quantitative estimate of drug-likeness (QED) is 0.511. The van der Waals surface area contributed by atoms with E-state index in [0.717, 1.165) is 0 Å². The number of hydrogen-bond acceptors (Lipinski definition) is 2. The number of carbonyl (C=O) groups is 1. The molecule has 0 aromatic rings. The second kappa shape index (κ2) is 2.67. The highest BCUT2D eigenvalue weighted by Crippen LogP contribution is 1.98. The Morgan fingerprint density at radius 3 is 2.00 bits per heavy atom. The third-order valence-corrected chi connectivity index (χ3v) is 1.17. The van der Waals surface area contributed by atoms with Crippen LogP contribution in [0.3, 0.4) is 0 Å². The Labute approximate surface area is 48.5 Å². The fourth-order valence-electron chi connectivity index (χ4n) is 0.238. The highest BCUT2D eigenvalue weighted by molar-refractivity contribution is 5.76. The van der Waals surface area contributed by atoms with Crippen molar-refractivity contribution >= 4 is 5.91 Å². The molecule has 0 rings (SSSR count). The number of nitrogens with two attached hydrogens (primary N) is 1. The van der Waals surface area contributed by atoms with Gasteiger partial charge >= 0.3 is 0 Å². The first kappa shape index (κ1) is 7.43. The average Bonchev–Trinajstić information content (AvgIpc) is 1.64. The fraction of sp³-hybridized carbons (Fsp3) is 0.800. The van der Waals surface area contributed by atoms with Crippen LogP contribution in [0.2, 0.25) is 0 Å². The molecule has 0 aliphatic rings. The number of primary amides is 1. The maximum Gasteiger partial charge on any atom is 0.222 e. The Bertz CT molecular complexity index is 90.4. The van der Waals surface area contributed by atoms with Crippen LogP contribution in [0.25, 0.3) is 0 Å². The zero-order valence-corrected chi connectivity index (χ0v) is 5.09. The van der Waals surface area contributed by atoms with Crippen molar-refractivity contribution in [3.63, 3.8) is 0 Å². The van der Waals surface area contributed by atoms with Gasteiger partial charge in [-0.2, -0.15) is 0 Å². The number of hydrogen-bond donors (Lipinski definition) is 2. The first-order valence-electron chi connectivity index (χ1n) is 2.53. The molecule has 3 nitrogen and oxygen atoms in total. The Hall–Kier alpha value is -0.570. The normalized spacial score (nSPS) is 17.4. The first-order chi connectivity index (χ1) is 3.55. The summed E-state index contributed by atoms with van der Waals surface area (Å²) in [7, 11) is 0. The molecular formula is C5H11NO2. The van der Waals surface area contributed by atoms with Crippen LogP contribution in [-0.2, 0) is 4.79 Å². The number of rotatable bonds is 2. The summed E-state index contributed by atoms with van der Waals surface area (Å²) in [4.78, 5) is 10.2. The van der Waals surface area contributed by atoms with Gasteiger partial charge in [0.05, 0.1) is 12.0 Å². The van der Waals surface area contributed by atoms with Crippen LogP contribution in [-0.4, -0.2) is 17.1 Å². The summed E-state index contributed by atoms with van der Waals surface area (Å²) in [6.45, 7) is 3.13. The minimum absolute atomic E-state index is 0.435. The van der Waals surface area contributed by atoms with Crippen molar-refractivity contribution in [3.8, 4) is 0 Å². The second-order valence-corrected chi connectivity index (χ2v) is 1.93. The Kier molecular flexibility index (Phi) is 2.48. The molecule has 0 saturated carbocycles. The molecule has 1 unspecified atom stereocenters. The zero-order valence-electron chi connectivity index (χ0n) is 5.09. The van der Waals surface area contributed by atoms with Crippen LogP contribution in [0.1, 0.15) is 13.8 Å². The summed E-state index contributed by atoms with van der Waals surface area (Å²) in [5, 5.41) is 8.69. The van der Waals surface area contributed by atoms with Crippen LogP contribution in [0, 0.1) is 5.92 Å². The minimum Gasteiger partial charge on any atom is -0.393 e. The van der Waals surface area contributed by atoms with E-state index in [1.807, 2.05) is 0 Å². The van der Waals surface area contributed by atoms with Gasteiger partial charge in [-0.3, -0.25) is 4.79 Å². The topological polar surface area (TPSA) is 63.3 Å².